The molecule has 0 unspecified atom stereocenters. The molecule has 0 spiro atoms. The fourth-order valence-corrected chi connectivity index (χ4v) is 2.36. The van der Waals surface area contributed by atoms with Gasteiger partial charge < -0.3 is 15.4 Å². The van der Waals surface area contributed by atoms with Crippen molar-refractivity contribution in [1.82, 2.24) is 4.98 Å². The summed E-state index contributed by atoms with van der Waals surface area (Å²) in [7, 11) is 1.14. The monoisotopic (exact) mass is 391 g/mol. The molecule has 3 rings (SSSR count). The van der Waals surface area contributed by atoms with Gasteiger partial charge in [0.05, 0.1) is 30.4 Å². The molecule has 9 heteroatoms. The van der Waals surface area contributed by atoms with Crippen molar-refractivity contribution in [2.75, 3.05) is 17.7 Å². The zero-order chi connectivity index (χ0) is 20.3. The van der Waals surface area contributed by atoms with Crippen molar-refractivity contribution in [3.05, 3.63) is 77.5 Å². The highest BCUT2D eigenvalue weighted by molar-refractivity contribution is 5.96. The predicted octanol–water partition coefficient (Wildman–Crippen LogP) is 4.91. The largest absolute Gasteiger partial charge is 0.465 e. The SMILES string of the molecule is COC(=O)c1cc(Nc2ccc(F)cc2F)cnc1Nc1ccc(F)cc1F. The fourth-order valence-electron chi connectivity index (χ4n) is 2.36. The first-order valence-corrected chi connectivity index (χ1v) is 7.90. The molecule has 0 saturated carbocycles. The van der Waals surface area contributed by atoms with Gasteiger partial charge in [0.15, 0.2) is 0 Å². The molecule has 5 nitrogen and oxygen atoms in total. The third kappa shape index (κ3) is 4.20. The van der Waals surface area contributed by atoms with Gasteiger partial charge in [-0.15, -0.1) is 0 Å². The third-order valence-corrected chi connectivity index (χ3v) is 3.69. The average molecular weight is 391 g/mol. The molecule has 0 radical (unpaired) electrons. The van der Waals surface area contributed by atoms with Gasteiger partial charge in [0.25, 0.3) is 0 Å². The number of pyridine rings is 1. The van der Waals surface area contributed by atoms with Crippen LogP contribution in [0.3, 0.4) is 0 Å². The summed E-state index contributed by atoms with van der Waals surface area (Å²) in [5.41, 5.74) is -0.0246. The molecule has 28 heavy (non-hydrogen) atoms. The van der Waals surface area contributed by atoms with Gasteiger partial charge in [-0.2, -0.15) is 0 Å². The van der Waals surface area contributed by atoms with E-state index in [0.29, 0.717) is 12.1 Å². The number of hydrogen-bond acceptors (Lipinski definition) is 5. The number of carbonyl (C=O) groups is 1. The smallest absolute Gasteiger partial charge is 0.341 e. The number of anilines is 4. The number of aromatic nitrogens is 1. The molecular formula is C19H13F4N3O2. The topological polar surface area (TPSA) is 63.2 Å². The highest BCUT2D eigenvalue weighted by Gasteiger charge is 2.17. The zero-order valence-electron chi connectivity index (χ0n) is 14.4. The first-order valence-electron chi connectivity index (χ1n) is 7.90. The van der Waals surface area contributed by atoms with Gasteiger partial charge in [-0.05, 0) is 30.3 Å². The number of nitrogens with one attached hydrogen (secondary N) is 2. The Morgan fingerprint density at radius 2 is 1.46 bits per heavy atom. The number of methoxy groups -OCH3 is 1. The highest BCUT2D eigenvalue weighted by atomic mass is 19.1. The van der Waals surface area contributed by atoms with Crippen molar-refractivity contribution in [2.45, 2.75) is 0 Å². The van der Waals surface area contributed by atoms with Crippen LogP contribution < -0.4 is 10.6 Å². The van der Waals surface area contributed by atoms with E-state index in [1.807, 2.05) is 0 Å². The van der Waals surface area contributed by atoms with Crippen molar-refractivity contribution in [1.29, 1.82) is 0 Å². The Labute approximate surface area is 157 Å². The highest BCUT2D eigenvalue weighted by Crippen LogP contribution is 2.27. The molecule has 0 aliphatic carbocycles. The molecule has 1 heterocycles. The summed E-state index contributed by atoms with van der Waals surface area (Å²) >= 11 is 0. The zero-order valence-corrected chi connectivity index (χ0v) is 14.4. The average Bonchev–Trinajstić information content (AvgIpc) is 2.66. The van der Waals surface area contributed by atoms with Crippen LogP contribution in [0.15, 0.2) is 48.7 Å². The molecule has 0 atom stereocenters. The van der Waals surface area contributed by atoms with Crippen LogP contribution in [0.1, 0.15) is 10.4 Å². The molecule has 144 valence electrons. The molecule has 0 aliphatic rings. The van der Waals surface area contributed by atoms with Crippen molar-refractivity contribution < 1.29 is 27.1 Å². The molecule has 0 amide bonds. The molecule has 1 aromatic heterocycles. The minimum absolute atomic E-state index is 0.0377. The number of carbonyl (C=O) groups excluding carboxylic acids is 1. The number of ether oxygens (including phenoxy) is 1. The lowest BCUT2D eigenvalue weighted by atomic mass is 10.2. The van der Waals surface area contributed by atoms with Gasteiger partial charge in [0, 0.05) is 12.1 Å². The second-order valence-corrected chi connectivity index (χ2v) is 5.61. The maximum absolute atomic E-state index is 13.9. The quantitative estimate of drug-likeness (QED) is 0.478. The Kier molecular flexibility index (Phi) is 5.44. The second-order valence-electron chi connectivity index (χ2n) is 5.61. The van der Waals surface area contributed by atoms with E-state index in [4.69, 9.17) is 0 Å². The lowest BCUT2D eigenvalue weighted by Gasteiger charge is -2.13. The van der Waals surface area contributed by atoms with Gasteiger partial charge in [-0.3, -0.25) is 0 Å². The van der Waals surface area contributed by atoms with Crippen LogP contribution in [0.4, 0.5) is 40.4 Å². The minimum atomic E-state index is -0.881. The number of benzene rings is 2. The van der Waals surface area contributed by atoms with Crippen LogP contribution in [0, 0.1) is 23.3 Å². The van der Waals surface area contributed by atoms with E-state index in [9.17, 15) is 22.4 Å². The summed E-state index contributed by atoms with van der Waals surface area (Å²) in [6.45, 7) is 0. The Morgan fingerprint density at radius 1 is 0.893 bits per heavy atom. The molecule has 3 aromatic rings. The predicted molar refractivity (Wildman–Crippen MR) is 94.9 cm³/mol. The first kappa shape index (κ1) is 19.2. The molecule has 0 saturated heterocycles. The number of rotatable bonds is 5. The number of nitrogens with zero attached hydrogens (tertiary/aromatic N) is 1. The summed E-state index contributed by atoms with van der Waals surface area (Å²) < 4.78 is 58.4. The Hall–Kier alpha value is -3.62. The van der Waals surface area contributed by atoms with Crippen LogP contribution in [0.2, 0.25) is 0 Å². The summed E-state index contributed by atoms with van der Waals surface area (Å²) in [5.74, 6) is -4.06. The lowest BCUT2D eigenvalue weighted by Crippen LogP contribution is -2.09. The van der Waals surface area contributed by atoms with Crippen LogP contribution in [-0.2, 0) is 4.74 Å². The van der Waals surface area contributed by atoms with Gasteiger partial charge in [-0.25, -0.2) is 27.3 Å². The molecule has 2 N–H and O–H groups in total. The van der Waals surface area contributed by atoms with E-state index in [-0.39, 0.29) is 28.4 Å². The van der Waals surface area contributed by atoms with Crippen LogP contribution >= 0.6 is 0 Å². The van der Waals surface area contributed by atoms with Gasteiger partial charge in [0.2, 0.25) is 0 Å². The molecule has 0 aliphatic heterocycles. The third-order valence-electron chi connectivity index (χ3n) is 3.69. The molecule has 2 aromatic carbocycles. The van der Waals surface area contributed by atoms with Crippen molar-refractivity contribution in [2.24, 2.45) is 0 Å². The van der Waals surface area contributed by atoms with Gasteiger partial charge in [-0.1, -0.05) is 0 Å². The normalized spacial score (nSPS) is 10.5. The van der Waals surface area contributed by atoms with Crippen LogP contribution in [-0.4, -0.2) is 18.1 Å². The maximum Gasteiger partial charge on any atom is 0.341 e. The summed E-state index contributed by atoms with van der Waals surface area (Å²) in [4.78, 5) is 16.1. The molecular weight excluding hydrogens is 378 g/mol. The van der Waals surface area contributed by atoms with Crippen LogP contribution in [0.5, 0.6) is 0 Å². The van der Waals surface area contributed by atoms with Crippen molar-refractivity contribution in [3.63, 3.8) is 0 Å². The van der Waals surface area contributed by atoms with E-state index >= 15 is 0 Å². The Bertz CT molecular complexity index is 1040. The Morgan fingerprint density at radius 3 is 2.00 bits per heavy atom. The second kappa shape index (κ2) is 7.95. The standard InChI is InChI=1S/C19H13F4N3O2/c1-28-19(27)13-8-12(25-16-4-2-10(20)6-14(16)22)9-24-18(13)26-17-5-3-11(21)7-15(17)23/h2-9,25H,1H3,(H,24,26). The number of halogens is 4. The fraction of sp³-hybridized carbons (Fsp3) is 0.0526. The van der Waals surface area contributed by atoms with E-state index in [2.05, 4.69) is 20.4 Å². The van der Waals surface area contributed by atoms with Crippen molar-refractivity contribution in [3.8, 4) is 0 Å². The lowest BCUT2D eigenvalue weighted by molar-refractivity contribution is 0.0601. The summed E-state index contributed by atoms with van der Waals surface area (Å²) in [5, 5.41) is 5.25. The van der Waals surface area contributed by atoms with Gasteiger partial charge in [0.1, 0.15) is 34.7 Å². The van der Waals surface area contributed by atoms with Crippen LogP contribution in [0.25, 0.3) is 0 Å². The number of esters is 1. The van der Waals surface area contributed by atoms with E-state index < -0.39 is 29.2 Å². The summed E-state index contributed by atoms with van der Waals surface area (Å²) in [6, 6.07) is 7.10. The van der Waals surface area contributed by atoms with Crippen molar-refractivity contribution >= 4 is 28.8 Å². The molecule has 0 fully saturated rings. The number of hydrogen-bond donors (Lipinski definition) is 2. The van der Waals surface area contributed by atoms with E-state index in [0.717, 1.165) is 25.3 Å². The maximum atomic E-state index is 13.9. The molecule has 0 bridgehead atoms. The Balaban J connectivity index is 1.94. The first-order chi connectivity index (χ1) is 13.4. The summed E-state index contributed by atoms with van der Waals surface area (Å²) in [6.07, 6.45) is 1.25. The minimum Gasteiger partial charge on any atom is -0.465 e. The van der Waals surface area contributed by atoms with E-state index in [1.165, 1.54) is 18.3 Å². The van der Waals surface area contributed by atoms with Gasteiger partial charge >= 0.3 is 5.97 Å². The van der Waals surface area contributed by atoms with E-state index in [1.54, 1.807) is 0 Å².